The SMILES string of the molecule is CCCC[C@H](NC(=O)CNC(=O)[C@@H](N)CO)C(=O)O. The number of rotatable bonds is 9. The van der Waals surface area contributed by atoms with Crippen LogP contribution in [0.3, 0.4) is 0 Å². The molecular formula is C11H21N3O5. The van der Waals surface area contributed by atoms with Crippen molar-refractivity contribution >= 4 is 17.8 Å². The fraction of sp³-hybridized carbons (Fsp3) is 0.727. The van der Waals surface area contributed by atoms with Gasteiger partial charge in [0.2, 0.25) is 11.8 Å². The third-order valence-electron chi connectivity index (χ3n) is 2.44. The van der Waals surface area contributed by atoms with Crippen molar-refractivity contribution in [1.29, 1.82) is 0 Å². The first-order valence-corrected chi connectivity index (χ1v) is 6.08. The van der Waals surface area contributed by atoms with E-state index >= 15 is 0 Å². The number of carbonyl (C=O) groups excluding carboxylic acids is 2. The van der Waals surface area contributed by atoms with Crippen LogP contribution in [0.1, 0.15) is 26.2 Å². The Bertz CT molecular complexity index is 321. The number of aliphatic hydroxyl groups excluding tert-OH is 1. The van der Waals surface area contributed by atoms with Crippen molar-refractivity contribution in [1.82, 2.24) is 10.6 Å². The molecule has 0 aromatic heterocycles. The average molecular weight is 275 g/mol. The van der Waals surface area contributed by atoms with Gasteiger partial charge in [-0.3, -0.25) is 9.59 Å². The molecule has 0 fully saturated rings. The van der Waals surface area contributed by atoms with Crippen molar-refractivity contribution in [3.63, 3.8) is 0 Å². The van der Waals surface area contributed by atoms with E-state index in [1.807, 2.05) is 6.92 Å². The van der Waals surface area contributed by atoms with E-state index in [9.17, 15) is 14.4 Å². The summed E-state index contributed by atoms with van der Waals surface area (Å²) in [6.45, 7) is 1.02. The van der Waals surface area contributed by atoms with Gasteiger partial charge in [-0.15, -0.1) is 0 Å². The minimum Gasteiger partial charge on any atom is -0.480 e. The summed E-state index contributed by atoms with van der Waals surface area (Å²) in [5.41, 5.74) is 5.23. The van der Waals surface area contributed by atoms with Gasteiger partial charge < -0.3 is 26.6 Å². The number of amides is 2. The second-order valence-electron chi connectivity index (χ2n) is 4.11. The van der Waals surface area contributed by atoms with Gasteiger partial charge in [-0.1, -0.05) is 19.8 Å². The Balaban J connectivity index is 4.13. The predicted molar refractivity (Wildman–Crippen MR) is 67.2 cm³/mol. The first-order chi connectivity index (χ1) is 8.92. The molecule has 0 saturated heterocycles. The van der Waals surface area contributed by atoms with Gasteiger partial charge in [0.1, 0.15) is 12.1 Å². The fourth-order valence-corrected chi connectivity index (χ4v) is 1.29. The number of hydrogen-bond donors (Lipinski definition) is 5. The summed E-state index contributed by atoms with van der Waals surface area (Å²) in [4.78, 5) is 33.5. The molecule has 2 atom stereocenters. The molecule has 0 aliphatic heterocycles. The molecule has 2 amide bonds. The standard InChI is InChI=1S/C11H21N3O5/c1-2-3-4-8(11(18)19)14-9(16)5-13-10(17)7(12)6-15/h7-8,15H,2-6,12H2,1H3,(H,13,17)(H,14,16)(H,18,19)/t7-,8-/m0/s1. The van der Waals surface area contributed by atoms with E-state index < -0.39 is 36.5 Å². The molecule has 8 nitrogen and oxygen atoms in total. The van der Waals surface area contributed by atoms with Crippen molar-refractivity contribution in [2.75, 3.05) is 13.2 Å². The highest BCUT2D eigenvalue weighted by Crippen LogP contribution is 2.00. The maximum absolute atomic E-state index is 11.4. The zero-order valence-electron chi connectivity index (χ0n) is 10.9. The van der Waals surface area contributed by atoms with Crippen LogP contribution in [-0.4, -0.2) is 53.2 Å². The van der Waals surface area contributed by atoms with Gasteiger partial charge in [0, 0.05) is 0 Å². The zero-order valence-corrected chi connectivity index (χ0v) is 10.9. The lowest BCUT2D eigenvalue weighted by molar-refractivity contribution is -0.142. The predicted octanol–water partition coefficient (Wildman–Crippen LogP) is -1.82. The van der Waals surface area contributed by atoms with Crippen molar-refractivity contribution < 1.29 is 24.6 Å². The van der Waals surface area contributed by atoms with E-state index in [1.54, 1.807) is 0 Å². The molecule has 0 aliphatic rings. The molecule has 0 spiro atoms. The van der Waals surface area contributed by atoms with E-state index in [4.69, 9.17) is 15.9 Å². The summed E-state index contributed by atoms with van der Waals surface area (Å²) >= 11 is 0. The van der Waals surface area contributed by atoms with Crippen LogP contribution >= 0.6 is 0 Å². The molecule has 0 unspecified atom stereocenters. The highest BCUT2D eigenvalue weighted by atomic mass is 16.4. The molecule has 0 radical (unpaired) electrons. The molecular weight excluding hydrogens is 254 g/mol. The third kappa shape index (κ3) is 7.37. The number of aliphatic hydroxyl groups is 1. The number of nitrogens with one attached hydrogen (secondary N) is 2. The Kier molecular flexibility index (Phi) is 8.47. The molecule has 0 rings (SSSR count). The molecule has 0 aromatic carbocycles. The van der Waals surface area contributed by atoms with E-state index in [2.05, 4.69) is 10.6 Å². The third-order valence-corrected chi connectivity index (χ3v) is 2.44. The lowest BCUT2D eigenvalue weighted by atomic mass is 10.1. The summed E-state index contributed by atoms with van der Waals surface area (Å²) in [6.07, 6.45) is 1.84. The Hall–Kier alpha value is -1.67. The van der Waals surface area contributed by atoms with Gasteiger partial charge in [-0.25, -0.2) is 4.79 Å². The van der Waals surface area contributed by atoms with E-state index in [0.29, 0.717) is 12.8 Å². The molecule has 8 heteroatoms. The monoisotopic (exact) mass is 275 g/mol. The molecule has 19 heavy (non-hydrogen) atoms. The molecule has 6 N–H and O–H groups in total. The second-order valence-corrected chi connectivity index (χ2v) is 4.11. The number of nitrogens with two attached hydrogens (primary N) is 1. The van der Waals surface area contributed by atoms with Gasteiger partial charge in [0.05, 0.1) is 13.2 Å². The number of carbonyl (C=O) groups is 3. The van der Waals surface area contributed by atoms with Crippen molar-refractivity contribution in [3.05, 3.63) is 0 Å². The van der Waals surface area contributed by atoms with Crippen LogP contribution in [0.25, 0.3) is 0 Å². The van der Waals surface area contributed by atoms with Gasteiger partial charge >= 0.3 is 5.97 Å². The second kappa shape index (κ2) is 9.29. The minimum atomic E-state index is -1.11. The number of carboxylic acid groups (broad SMARTS) is 1. The number of unbranched alkanes of at least 4 members (excludes halogenated alkanes) is 1. The van der Waals surface area contributed by atoms with Gasteiger partial charge in [-0.2, -0.15) is 0 Å². The molecule has 0 bridgehead atoms. The maximum atomic E-state index is 11.4. The summed E-state index contributed by atoms with van der Waals surface area (Å²) in [6, 6.07) is -2.06. The quantitative estimate of drug-likeness (QED) is 0.335. The Morgan fingerprint density at radius 1 is 1.32 bits per heavy atom. The Labute approximate surface area is 111 Å². The first kappa shape index (κ1) is 17.3. The lowest BCUT2D eigenvalue weighted by Crippen LogP contribution is -2.49. The van der Waals surface area contributed by atoms with Gasteiger partial charge in [-0.05, 0) is 6.42 Å². The van der Waals surface area contributed by atoms with Crippen LogP contribution in [-0.2, 0) is 14.4 Å². The van der Waals surface area contributed by atoms with Crippen molar-refractivity contribution in [2.45, 2.75) is 38.3 Å². The Morgan fingerprint density at radius 2 is 1.95 bits per heavy atom. The molecule has 110 valence electrons. The summed E-state index contributed by atoms with van der Waals surface area (Å²) in [5.74, 6) is -2.39. The average Bonchev–Trinajstić information content (AvgIpc) is 2.39. The number of aliphatic carboxylic acids is 1. The van der Waals surface area contributed by atoms with Gasteiger partial charge in [0.15, 0.2) is 0 Å². The van der Waals surface area contributed by atoms with Crippen molar-refractivity contribution in [2.24, 2.45) is 5.73 Å². The molecule has 0 aliphatic carbocycles. The zero-order chi connectivity index (χ0) is 14.8. The van der Waals surface area contributed by atoms with Crippen molar-refractivity contribution in [3.8, 4) is 0 Å². The van der Waals surface area contributed by atoms with E-state index in [1.165, 1.54) is 0 Å². The summed E-state index contributed by atoms with van der Waals surface area (Å²) in [7, 11) is 0. The molecule has 0 heterocycles. The normalized spacial score (nSPS) is 13.4. The first-order valence-electron chi connectivity index (χ1n) is 6.08. The smallest absolute Gasteiger partial charge is 0.326 e. The highest BCUT2D eigenvalue weighted by Gasteiger charge is 2.20. The summed E-state index contributed by atoms with van der Waals surface area (Å²) < 4.78 is 0. The minimum absolute atomic E-state index is 0.335. The van der Waals surface area contributed by atoms with Gasteiger partial charge in [0.25, 0.3) is 0 Å². The maximum Gasteiger partial charge on any atom is 0.326 e. The Morgan fingerprint density at radius 3 is 2.42 bits per heavy atom. The molecule has 0 aromatic rings. The topological polar surface area (TPSA) is 142 Å². The van der Waals surface area contributed by atoms with Crippen LogP contribution in [0.5, 0.6) is 0 Å². The number of carboxylic acids is 1. The van der Waals surface area contributed by atoms with Crippen LogP contribution in [0.4, 0.5) is 0 Å². The van der Waals surface area contributed by atoms with E-state index in [-0.39, 0.29) is 6.54 Å². The largest absolute Gasteiger partial charge is 0.480 e. The van der Waals surface area contributed by atoms with Crippen LogP contribution < -0.4 is 16.4 Å². The lowest BCUT2D eigenvalue weighted by Gasteiger charge is -2.15. The van der Waals surface area contributed by atoms with Crippen LogP contribution in [0.2, 0.25) is 0 Å². The molecule has 0 saturated carbocycles. The van der Waals surface area contributed by atoms with Crippen LogP contribution in [0.15, 0.2) is 0 Å². The summed E-state index contributed by atoms with van der Waals surface area (Å²) in [5, 5.41) is 22.0. The van der Waals surface area contributed by atoms with Crippen LogP contribution in [0, 0.1) is 0 Å². The number of hydrogen-bond acceptors (Lipinski definition) is 5. The highest BCUT2D eigenvalue weighted by molar-refractivity contribution is 5.89. The fourth-order valence-electron chi connectivity index (χ4n) is 1.29. The van der Waals surface area contributed by atoms with E-state index in [0.717, 1.165) is 6.42 Å².